The van der Waals surface area contributed by atoms with Crippen LogP contribution in [0.2, 0.25) is 0 Å². The summed E-state index contributed by atoms with van der Waals surface area (Å²) in [6.07, 6.45) is 3.55. The van der Waals surface area contributed by atoms with Crippen LogP contribution in [0.3, 0.4) is 0 Å². The molecule has 7 heteroatoms. The molecule has 3 rings (SSSR count). The zero-order valence-electron chi connectivity index (χ0n) is 14.3. The number of fused-ring (bicyclic) bond motifs is 1. The number of ether oxygens (including phenoxy) is 1. The number of likely N-dealkylation sites (tertiary alicyclic amines) is 1. The van der Waals surface area contributed by atoms with Crippen LogP contribution in [0, 0.1) is 11.8 Å². The van der Waals surface area contributed by atoms with Crippen LogP contribution in [-0.4, -0.2) is 73.0 Å². The Morgan fingerprint density at radius 2 is 1.75 bits per heavy atom. The molecular weight excluding hydrogens is 310 g/mol. The summed E-state index contributed by atoms with van der Waals surface area (Å²) in [5, 5.41) is 2.86. The maximum absolute atomic E-state index is 12.4. The van der Waals surface area contributed by atoms with Gasteiger partial charge in [0.25, 0.3) is 0 Å². The van der Waals surface area contributed by atoms with Crippen molar-refractivity contribution in [1.29, 1.82) is 0 Å². The van der Waals surface area contributed by atoms with Crippen molar-refractivity contribution in [3.05, 3.63) is 0 Å². The molecule has 1 N–H and O–H groups in total. The summed E-state index contributed by atoms with van der Waals surface area (Å²) in [7, 11) is 0. The zero-order valence-corrected chi connectivity index (χ0v) is 14.3. The second-order valence-electron chi connectivity index (χ2n) is 7.06. The number of morpholine rings is 1. The molecule has 2 saturated heterocycles. The van der Waals surface area contributed by atoms with Crippen molar-refractivity contribution in [3.8, 4) is 0 Å². The molecule has 3 atom stereocenters. The number of imide groups is 1. The maximum atomic E-state index is 12.4. The fourth-order valence-electron chi connectivity index (χ4n) is 4.00. The molecule has 2 heterocycles. The monoisotopic (exact) mass is 337 g/mol. The van der Waals surface area contributed by atoms with Gasteiger partial charge in [0.05, 0.1) is 25.0 Å². The van der Waals surface area contributed by atoms with Gasteiger partial charge in [0.15, 0.2) is 0 Å². The molecule has 7 nitrogen and oxygen atoms in total. The molecule has 3 amide bonds. The number of rotatable bonds is 5. The van der Waals surface area contributed by atoms with Crippen LogP contribution in [-0.2, 0) is 19.1 Å². The standard InChI is InChI=1S/C17H27N3O4/c1-12(19-6-8-24-9-7-19)10-18-15(21)11-20-16(22)13-4-2-3-5-14(13)17(20)23/h12-14H,2-11H2,1H3,(H,18,21)/t12-,13-,14+/m0/s1. The quantitative estimate of drug-likeness (QED) is 0.715. The van der Waals surface area contributed by atoms with Crippen LogP contribution in [0.1, 0.15) is 32.6 Å². The molecule has 2 aliphatic heterocycles. The van der Waals surface area contributed by atoms with Gasteiger partial charge in [0.1, 0.15) is 6.54 Å². The Labute approximate surface area is 142 Å². The van der Waals surface area contributed by atoms with E-state index in [1.165, 1.54) is 4.90 Å². The van der Waals surface area contributed by atoms with Crippen LogP contribution in [0.4, 0.5) is 0 Å². The molecule has 3 fully saturated rings. The molecule has 0 aromatic rings. The van der Waals surface area contributed by atoms with Gasteiger partial charge in [-0.25, -0.2) is 0 Å². The Hall–Kier alpha value is -1.47. The van der Waals surface area contributed by atoms with Crippen molar-refractivity contribution in [2.45, 2.75) is 38.6 Å². The van der Waals surface area contributed by atoms with Crippen molar-refractivity contribution in [1.82, 2.24) is 15.1 Å². The zero-order chi connectivity index (χ0) is 17.1. The molecule has 1 aliphatic carbocycles. The minimum absolute atomic E-state index is 0.138. The fraction of sp³-hybridized carbons (Fsp3) is 0.824. The van der Waals surface area contributed by atoms with Crippen LogP contribution in [0.25, 0.3) is 0 Å². The molecule has 0 radical (unpaired) electrons. The molecule has 0 aromatic heterocycles. The molecule has 24 heavy (non-hydrogen) atoms. The summed E-state index contributed by atoms with van der Waals surface area (Å²) in [5.74, 6) is -0.935. The van der Waals surface area contributed by atoms with Crippen LogP contribution in [0.15, 0.2) is 0 Å². The summed E-state index contributed by atoms with van der Waals surface area (Å²) < 4.78 is 5.32. The highest BCUT2D eigenvalue weighted by molar-refractivity contribution is 6.07. The normalized spacial score (nSPS) is 29.5. The SMILES string of the molecule is C[C@@H](CNC(=O)CN1C(=O)[C@H]2CCCC[C@H]2C1=O)N1CCOCC1. The number of amides is 3. The van der Waals surface area contributed by atoms with Crippen molar-refractivity contribution in [2.24, 2.45) is 11.8 Å². The minimum Gasteiger partial charge on any atom is -0.379 e. The van der Waals surface area contributed by atoms with Gasteiger partial charge in [-0.15, -0.1) is 0 Å². The Morgan fingerprint density at radius 1 is 1.17 bits per heavy atom. The molecule has 0 unspecified atom stereocenters. The van der Waals surface area contributed by atoms with Gasteiger partial charge in [-0.3, -0.25) is 24.2 Å². The lowest BCUT2D eigenvalue weighted by Gasteiger charge is -2.32. The largest absolute Gasteiger partial charge is 0.379 e. The molecule has 0 spiro atoms. The first kappa shape index (κ1) is 17.4. The molecule has 0 bridgehead atoms. The van der Waals surface area contributed by atoms with Gasteiger partial charge in [-0.1, -0.05) is 12.8 Å². The summed E-state index contributed by atoms with van der Waals surface area (Å²) in [6.45, 7) is 5.61. The van der Waals surface area contributed by atoms with E-state index in [2.05, 4.69) is 17.1 Å². The van der Waals surface area contributed by atoms with Gasteiger partial charge in [0, 0.05) is 25.7 Å². The average molecular weight is 337 g/mol. The first-order valence-corrected chi connectivity index (χ1v) is 9.01. The number of nitrogens with one attached hydrogen (secondary N) is 1. The van der Waals surface area contributed by atoms with Gasteiger partial charge < -0.3 is 10.1 Å². The highest BCUT2D eigenvalue weighted by Crippen LogP contribution is 2.37. The van der Waals surface area contributed by atoms with E-state index in [0.29, 0.717) is 6.54 Å². The summed E-state index contributed by atoms with van der Waals surface area (Å²) in [6, 6.07) is 0.213. The molecule has 0 aromatic carbocycles. The third-order valence-corrected chi connectivity index (χ3v) is 5.50. The van der Waals surface area contributed by atoms with E-state index in [9.17, 15) is 14.4 Å². The Balaban J connectivity index is 1.47. The Kier molecular flexibility index (Phi) is 5.50. The number of hydrogen-bond acceptors (Lipinski definition) is 5. The van der Waals surface area contributed by atoms with E-state index < -0.39 is 0 Å². The summed E-state index contributed by atoms with van der Waals surface area (Å²) in [4.78, 5) is 40.4. The van der Waals surface area contributed by atoms with Gasteiger partial charge in [0.2, 0.25) is 17.7 Å². The lowest BCUT2D eigenvalue weighted by Crippen LogP contribution is -2.49. The Morgan fingerprint density at radius 3 is 2.33 bits per heavy atom. The third-order valence-electron chi connectivity index (χ3n) is 5.50. The predicted molar refractivity (Wildman–Crippen MR) is 87.0 cm³/mol. The highest BCUT2D eigenvalue weighted by atomic mass is 16.5. The average Bonchev–Trinajstić information content (AvgIpc) is 2.86. The lowest BCUT2D eigenvalue weighted by molar-refractivity contribution is -0.143. The molecule has 1 saturated carbocycles. The van der Waals surface area contributed by atoms with Crippen molar-refractivity contribution in [3.63, 3.8) is 0 Å². The predicted octanol–water partition coefficient (Wildman–Crippen LogP) is -0.00150. The number of carbonyl (C=O) groups excluding carboxylic acids is 3. The third kappa shape index (κ3) is 3.62. The van der Waals surface area contributed by atoms with E-state index in [0.717, 1.165) is 52.0 Å². The molecular formula is C17H27N3O4. The van der Waals surface area contributed by atoms with E-state index in [1.807, 2.05) is 0 Å². The van der Waals surface area contributed by atoms with Crippen molar-refractivity contribution in [2.75, 3.05) is 39.4 Å². The fourth-order valence-corrected chi connectivity index (χ4v) is 4.00. The van der Waals surface area contributed by atoms with E-state index >= 15 is 0 Å². The topological polar surface area (TPSA) is 79.0 Å². The maximum Gasteiger partial charge on any atom is 0.240 e. The van der Waals surface area contributed by atoms with Crippen LogP contribution < -0.4 is 5.32 Å². The summed E-state index contributed by atoms with van der Waals surface area (Å²) >= 11 is 0. The van der Waals surface area contributed by atoms with Gasteiger partial charge in [-0.05, 0) is 19.8 Å². The van der Waals surface area contributed by atoms with Gasteiger partial charge in [-0.2, -0.15) is 0 Å². The number of nitrogens with zero attached hydrogens (tertiary/aromatic N) is 2. The van der Waals surface area contributed by atoms with E-state index in [4.69, 9.17) is 4.74 Å². The van der Waals surface area contributed by atoms with E-state index in [1.54, 1.807) is 0 Å². The van der Waals surface area contributed by atoms with E-state index in [-0.39, 0.29) is 42.1 Å². The second kappa shape index (κ2) is 7.61. The molecule has 134 valence electrons. The highest BCUT2D eigenvalue weighted by Gasteiger charge is 2.48. The smallest absolute Gasteiger partial charge is 0.240 e. The minimum atomic E-state index is -0.254. The second-order valence-corrected chi connectivity index (χ2v) is 7.06. The van der Waals surface area contributed by atoms with Crippen LogP contribution in [0.5, 0.6) is 0 Å². The Bertz CT molecular complexity index is 480. The molecule has 3 aliphatic rings. The van der Waals surface area contributed by atoms with Crippen LogP contribution >= 0.6 is 0 Å². The number of carbonyl (C=O) groups is 3. The first-order valence-electron chi connectivity index (χ1n) is 9.01. The van der Waals surface area contributed by atoms with Gasteiger partial charge >= 0.3 is 0 Å². The number of hydrogen-bond donors (Lipinski definition) is 1. The van der Waals surface area contributed by atoms with Crippen molar-refractivity contribution < 1.29 is 19.1 Å². The first-order chi connectivity index (χ1) is 11.6. The lowest BCUT2D eigenvalue weighted by atomic mass is 9.81. The summed E-state index contributed by atoms with van der Waals surface area (Å²) in [5.41, 5.74) is 0. The van der Waals surface area contributed by atoms with Crippen molar-refractivity contribution >= 4 is 17.7 Å².